The number of carbonyl (C=O) groups excluding carboxylic acids is 1. The molecule has 0 aliphatic carbocycles. The molecule has 4 aromatic rings. The Labute approximate surface area is 210 Å². The second-order valence-electron chi connectivity index (χ2n) is 7.85. The predicted molar refractivity (Wildman–Crippen MR) is 135 cm³/mol. The van der Waals surface area contributed by atoms with Gasteiger partial charge < -0.3 is 10.5 Å². The highest BCUT2D eigenvalue weighted by atomic mass is 35.5. The zero-order valence-corrected chi connectivity index (χ0v) is 20.1. The fourth-order valence-corrected chi connectivity index (χ4v) is 3.54. The number of nitrogens with two attached hydrogens (primary N) is 1. The first-order chi connectivity index (χ1) is 17.3. The number of hydrogen-bond acceptors (Lipinski definition) is 6. The summed E-state index contributed by atoms with van der Waals surface area (Å²) >= 11 is 5.98. The molecular formula is C25H23ClN6O4. The van der Waals surface area contributed by atoms with Gasteiger partial charge in [-0.15, -0.1) is 0 Å². The number of aromatic nitrogens is 4. The van der Waals surface area contributed by atoms with Crippen LogP contribution in [0.4, 0.5) is 5.69 Å². The molecule has 0 spiro atoms. The van der Waals surface area contributed by atoms with Gasteiger partial charge in [-0.1, -0.05) is 30.7 Å². The Bertz CT molecular complexity index is 1550. The molecule has 0 bridgehead atoms. The molecule has 10 nitrogen and oxygen atoms in total. The Kier molecular flexibility index (Phi) is 7.45. The Balaban J connectivity index is 1.67. The number of amides is 1. The molecular weight excluding hydrogens is 484 g/mol. The van der Waals surface area contributed by atoms with Crippen LogP contribution < -0.4 is 27.5 Å². The summed E-state index contributed by atoms with van der Waals surface area (Å²) in [4.78, 5) is 48.0. The van der Waals surface area contributed by atoms with Crippen LogP contribution in [0.15, 0.2) is 81.4 Å². The lowest BCUT2D eigenvalue weighted by atomic mass is 10.2. The van der Waals surface area contributed by atoms with E-state index in [9.17, 15) is 14.4 Å². The van der Waals surface area contributed by atoms with Crippen molar-refractivity contribution in [3.05, 3.63) is 110 Å². The van der Waals surface area contributed by atoms with Gasteiger partial charge in [-0.3, -0.25) is 14.3 Å². The van der Waals surface area contributed by atoms with Crippen LogP contribution >= 0.6 is 11.6 Å². The summed E-state index contributed by atoms with van der Waals surface area (Å²) in [5, 5.41) is 0.584. The average Bonchev–Trinajstić information content (AvgIpc) is 2.87. The Morgan fingerprint density at radius 1 is 1.03 bits per heavy atom. The summed E-state index contributed by atoms with van der Waals surface area (Å²) in [6.07, 6.45) is 2.02. The first kappa shape index (κ1) is 24.7. The Hall–Kier alpha value is -4.44. The van der Waals surface area contributed by atoms with Gasteiger partial charge in [-0.05, 0) is 60.5 Å². The van der Waals surface area contributed by atoms with E-state index in [0.29, 0.717) is 28.6 Å². The van der Waals surface area contributed by atoms with Crippen molar-refractivity contribution in [2.24, 2.45) is 10.7 Å². The normalized spacial score (nSPS) is 11.4. The molecule has 0 aliphatic rings. The van der Waals surface area contributed by atoms with E-state index in [4.69, 9.17) is 22.1 Å². The molecule has 2 aromatic heterocycles. The van der Waals surface area contributed by atoms with E-state index in [1.165, 1.54) is 16.8 Å². The van der Waals surface area contributed by atoms with Crippen LogP contribution in [0, 0.1) is 0 Å². The minimum Gasteiger partial charge on any atom is -0.456 e. The van der Waals surface area contributed by atoms with Crippen LogP contribution in [0.2, 0.25) is 5.02 Å². The Morgan fingerprint density at radius 3 is 2.33 bits per heavy atom. The zero-order valence-electron chi connectivity index (χ0n) is 19.3. The molecule has 2 aromatic carbocycles. The molecule has 0 aliphatic heterocycles. The topological polar surface area (TPSA) is 137 Å². The smallest absolute Gasteiger partial charge is 0.335 e. The van der Waals surface area contributed by atoms with Crippen molar-refractivity contribution in [1.82, 2.24) is 19.1 Å². The number of primary amides is 1. The van der Waals surface area contributed by atoms with Crippen molar-refractivity contribution in [1.29, 1.82) is 0 Å². The van der Waals surface area contributed by atoms with Gasteiger partial charge >= 0.3 is 11.4 Å². The third-order valence-electron chi connectivity index (χ3n) is 5.18. The number of H-pyrrole nitrogens is 1. The molecule has 4 rings (SSSR count). The highest BCUT2D eigenvalue weighted by Gasteiger charge is 2.10. The molecule has 184 valence electrons. The predicted octanol–water partition coefficient (Wildman–Crippen LogP) is 2.97. The van der Waals surface area contributed by atoms with Gasteiger partial charge in [0.05, 0.1) is 18.4 Å². The standard InChI is InChI=1S/C25H23ClN6O4/c1-2-13-31-24(34)30-23(32(25(31)35)15-16-3-5-17(26)6-4-16)29-18-7-9-19(10-8-18)36-20-11-12-21(22(27)33)28-14-20/h3-12,14H,2,13,15H2,1H3,(H2,27,33)(H,29,30,34). The highest BCUT2D eigenvalue weighted by Crippen LogP contribution is 2.23. The molecule has 0 radical (unpaired) electrons. The third kappa shape index (κ3) is 5.78. The summed E-state index contributed by atoms with van der Waals surface area (Å²) in [6, 6.07) is 16.9. The van der Waals surface area contributed by atoms with Gasteiger partial charge in [-0.25, -0.2) is 24.1 Å². The van der Waals surface area contributed by atoms with Crippen molar-refractivity contribution >= 4 is 23.2 Å². The molecule has 1 amide bonds. The maximum atomic E-state index is 13.2. The first-order valence-electron chi connectivity index (χ1n) is 11.1. The second kappa shape index (κ2) is 10.9. The highest BCUT2D eigenvalue weighted by molar-refractivity contribution is 6.30. The fourth-order valence-electron chi connectivity index (χ4n) is 3.41. The summed E-state index contributed by atoms with van der Waals surface area (Å²) in [7, 11) is 0. The maximum Gasteiger partial charge on any atom is 0.335 e. The molecule has 0 saturated heterocycles. The molecule has 0 fully saturated rings. The van der Waals surface area contributed by atoms with Gasteiger partial charge in [0.2, 0.25) is 5.62 Å². The number of benzene rings is 2. The zero-order chi connectivity index (χ0) is 25.7. The van der Waals surface area contributed by atoms with Crippen LogP contribution in [-0.4, -0.2) is 25.0 Å². The van der Waals surface area contributed by atoms with Gasteiger partial charge in [0.15, 0.2) is 0 Å². The van der Waals surface area contributed by atoms with E-state index >= 15 is 0 Å². The summed E-state index contributed by atoms with van der Waals surface area (Å²) in [5.41, 5.74) is 5.79. The summed E-state index contributed by atoms with van der Waals surface area (Å²) in [5.74, 6) is 0.305. The minimum atomic E-state index is -0.624. The van der Waals surface area contributed by atoms with Crippen LogP contribution in [0.1, 0.15) is 29.4 Å². The van der Waals surface area contributed by atoms with Crippen molar-refractivity contribution in [3.8, 4) is 11.5 Å². The van der Waals surface area contributed by atoms with E-state index in [0.717, 1.165) is 10.1 Å². The van der Waals surface area contributed by atoms with Crippen LogP contribution in [0.25, 0.3) is 0 Å². The van der Waals surface area contributed by atoms with Crippen molar-refractivity contribution in [3.63, 3.8) is 0 Å². The first-order valence-corrected chi connectivity index (χ1v) is 11.5. The monoisotopic (exact) mass is 506 g/mol. The van der Waals surface area contributed by atoms with Gasteiger partial charge in [0.25, 0.3) is 5.91 Å². The number of nitrogens with zero attached hydrogens (tertiary/aromatic N) is 4. The van der Waals surface area contributed by atoms with Crippen molar-refractivity contribution in [2.45, 2.75) is 26.4 Å². The minimum absolute atomic E-state index is 0.118. The number of aromatic amines is 1. The molecule has 3 N–H and O–H groups in total. The maximum absolute atomic E-state index is 13.2. The van der Waals surface area contributed by atoms with Crippen molar-refractivity contribution in [2.75, 3.05) is 0 Å². The number of nitrogens with one attached hydrogen (secondary N) is 1. The molecule has 0 saturated carbocycles. The van der Waals surface area contributed by atoms with E-state index in [2.05, 4.69) is 15.0 Å². The van der Waals surface area contributed by atoms with Crippen molar-refractivity contribution < 1.29 is 9.53 Å². The van der Waals surface area contributed by atoms with Crippen LogP contribution in [0.3, 0.4) is 0 Å². The SMILES string of the molecule is CCCn1c(=O)[nH]/c(=N\c2ccc(Oc3ccc(C(N)=O)nc3)cc2)n(Cc2ccc(Cl)cc2)c1=O. The second-order valence-corrected chi connectivity index (χ2v) is 8.29. The summed E-state index contributed by atoms with van der Waals surface area (Å²) in [6.45, 7) is 2.38. The third-order valence-corrected chi connectivity index (χ3v) is 5.43. The summed E-state index contributed by atoms with van der Waals surface area (Å²) < 4.78 is 8.30. The van der Waals surface area contributed by atoms with Gasteiger partial charge in [0.1, 0.15) is 17.2 Å². The molecule has 0 unspecified atom stereocenters. The molecule has 36 heavy (non-hydrogen) atoms. The van der Waals surface area contributed by atoms with E-state index in [1.807, 2.05) is 19.1 Å². The number of rotatable bonds is 8. The molecule has 0 atom stereocenters. The Morgan fingerprint density at radius 2 is 1.72 bits per heavy atom. The lowest BCUT2D eigenvalue weighted by Gasteiger charge is -2.11. The average molecular weight is 507 g/mol. The number of pyridine rings is 1. The fraction of sp³-hybridized carbons (Fsp3) is 0.160. The van der Waals surface area contributed by atoms with E-state index in [1.54, 1.807) is 42.5 Å². The number of halogens is 1. The lowest BCUT2D eigenvalue weighted by molar-refractivity contribution is 0.0995. The van der Waals surface area contributed by atoms with Gasteiger partial charge in [-0.2, -0.15) is 0 Å². The number of hydrogen-bond donors (Lipinski definition) is 2. The van der Waals surface area contributed by atoms with Crippen LogP contribution in [-0.2, 0) is 13.1 Å². The number of ether oxygens (including phenoxy) is 1. The van der Waals surface area contributed by atoms with Crippen LogP contribution in [0.5, 0.6) is 11.5 Å². The van der Waals surface area contributed by atoms with Gasteiger partial charge in [0, 0.05) is 11.6 Å². The quantitative estimate of drug-likeness (QED) is 0.378. The molecule has 2 heterocycles. The largest absolute Gasteiger partial charge is 0.456 e. The lowest BCUT2D eigenvalue weighted by Crippen LogP contribution is -2.50. The van der Waals surface area contributed by atoms with E-state index < -0.39 is 17.3 Å². The number of carbonyl (C=O) groups is 1. The van der Waals surface area contributed by atoms with E-state index in [-0.39, 0.29) is 24.4 Å². The molecule has 11 heteroatoms.